The SMILES string of the molecule is O=C(c1ccccc1OC(F)F)N(Cc1ccc(F)cc1F)C1CC1. The van der Waals surface area contributed by atoms with E-state index in [0.29, 0.717) is 0 Å². The normalized spacial score (nSPS) is 13.8. The average molecular weight is 353 g/mol. The van der Waals surface area contributed by atoms with Gasteiger partial charge in [-0.15, -0.1) is 0 Å². The van der Waals surface area contributed by atoms with E-state index < -0.39 is 24.2 Å². The van der Waals surface area contributed by atoms with Gasteiger partial charge in [0.2, 0.25) is 0 Å². The molecule has 25 heavy (non-hydrogen) atoms. The average Bonchev–Trinajstić information content (AvgIpc) is 3.38. The largest absolute Gasteiger partial charge is 0.434 e. The fraction of sp³-hybridized carbons (Fsp3) is 0.278. The number of hydrogen-bond donors (Lipinski definition) is 0. The first-order valence-corrected chi connectivity index (χ1v) is 7.74. The first-order valence-electron chi connectivity index (χ1n) is 7.74. The summed E-state index contributed by atoms with van der Waals surface area (Å²) in [6.07, 6.45) is 1.48. The van der Waals surface area contributed by atoms with Crippen molar-refractivity contribution in [3.05, 3.63) is 65.2 Å². The van der Waals surface area contributed by atoms with Gasteiger partial charge in [-0.25, -0.2) is 8.78 Å². The molecule has 7 heteroatoms. The second-order valence-corrected chi connectivity index (χ2v) is 5.77. The highest BCUT2D eigenvalue weighted by Crippen LogP contribution is 2.32. The van der Waals surface area contributed by atoms with E-state index in [1.54, 1.807) is 0 Å². The second-order valence-electron chi connectivity index (χ2n) is 5.77. The minimum Gasteiger partial charge on any atom is -0.434 e. The van der Waals surface area contributed by atoms with Crippen molar-refractivity contribution in [3.63, 3.8) is 0 Å². The Kier molecular flexibility index (Phi) is 4.92. The third-order valence-corrected chi connectivity index (χ3v) is 3.94. The summed E-state index contributed by atoms with van der Waals surface area (Å²) in [6, 6.07) is 8.72. The Balaban J connectivity index is 1.87. The zero-order valence-corrected chi connectivity index (χ0v) is 13.1. The van der Waals surface area contributed by atoms with E-state index in [1.807, 2.05) is 0 Å². The van der Waals surface area contributed by atoms with E-state index in [9.17, 15) is 22.4 Å². The first kappa shape index (κ1) is 17.3. The molecule has 0 bridgehead atoms. The first-order chi connectivity index (χ1) is 12.0. The standard InChI is InChI=1S/C18H15F4NO2/c19-12-6-5-11(15(20)9-12)10-23(13-7-8-13)17(24)14-3-1-2-4-16(14)25-18(21)22/h1-6,9,13,18H,7-8,10H2. The molecule has 3 nitrogen and oxygen atoms in total. The second kappa shape index (κ2) is 7.13. The van der Waals surface area contributed by atoms with Crippen LogP contribution in [0.2, 0.25) is 0 Å². The van der Waals surface area contributed by atoms with Crippen LogP contribution in [0.5, 0.6) is 5.75 Å². The van der Waals surface area contributed by atoms with Crippen molar-refractivity contribution in [1.29, 1.82) is 0 Å². The lowest BCUT2D eigenvalue weighted by atomic mass is 10.1. The van der Waals surface area contributed by atoms with Gasteiger partial charge in [0, 0.05) is 24.2 Å². The van der Waals surface area contributed by atoms with Crippen LogP contribution in [0.25, 0.3) is 0 Å². The molecule has 1 aliphatic rings. The van der Waals surface area contributed by atoms with Gasteiger partial charge in [0.1, 0.15) is 17.4 Å². The molecule has 1 saturated carbocycles. The number of benzene rings is 2. The Bertz CT molecular complexity index is 777. The number of alkyl halides is 2. The van der Waals surface area contributed by atoms with E-state index in [4.69, 9.17) is 0 Å². The third-order valence-electron chi connectivity index (χ3n) is 3.94. The molecule has 3 rings (SSSR count). The Morgan fingerprint density at radius 1 is 1.16 bits per heavy atom. The maximum absolute atomic E-state index is 13.9. The summed E-state index contributed by atoms with van der Waals surface area (Å²) in [5.41, 5.74) is 0.145. The van der Waals surface area contributed by atoms with Crippen molar-refractivity contribution in [1.82, 2.24) is 4.90 Å². The summed E-state index contributed by atoms with van der Waals surface area (Å²) in [5, 5.41) is 0. The Morgan fingerprint density at radius 3 is 2.52 bits per heavy atom. The Morgan fingerprint density at radius 2 is 1.88 bits per heavy atom. The number of carbonyl (C=O) groups is 1. The lowest BCUT2D eigenvalue weighted by Crippen LogP contribution is -2.33. The number of hydrogen-bond acceptors (Lipinski definition) is 2. The maximum Gasteiger partial charge on any atom is 0.387 e. The van der Waals surface area contributed by atoms with E-state index in [1.165, 1.54) is 35.2 Å². The summed E-state index contributed by atoms with van der Waals surface area (Å²) in [7, 11) is 0. The number of amides is 1. The molecule has 1 amide bonds. The van der Waals surface area contributed by atoms with Crippen LogP contribution in [0, 0.1) is 11.6 Å². The van der Waals surface area contributed by atoms with Crippen LogP contribution in [-0.4, -0.2) is 23.5 Å². The topological polar surface area (TPSA) is 29.5 Å². The van der Waals surface area contributed by atoms with Crippen LogP contribution in [0.3, 0.4) is 0 Å². The minimum atomic E-state index is -3.06. The lowest BCUT2D eigenvalue weighted by molar-refractivity contribution is -0.0503. The van der Waals surface area contributed by atoms with Crippen LogP contribution < -0.4 is 4.74 Å². The van der Waals surface area contributed by atoms with Crippen LogP contribution in [-0.2, 0) is 6.54 Å². The molecule has 132 valence electrons. The highest BCUT2D eigenvalue weighted by molar-refractivity contribution is 5.97. The quantitative estimate of drug-likeness (QED) is 0.722. The molecule has 0 aliphatic heterocycles. The van der Waals surface area contributed by atoms with Crippen molar-refractivity contribution in [2.75, 3.05) is 0 Å². The molecule has 2 aromatic carbocycles. The Hall–Kier alpha value is -2.57. The van der Waals surface area contributed by atoms with Gasteiger partial charge in [-0.3, -0.25) is 4.79 Å². The zero-order valence-electron chi connectivity index (χ0n) is 13.1. The molecule has 0 aromatic heterocycles. The monoisotopic (exact) mass is 353 g/mol. The zero-order chi connectivity index (χ0) is 18.0. The van der Waals surface area contributed by atoms with Crippen molar-refractivity contribution in [2.45, 2.75) is 32.0 Å². The van der Waals surface area contributed by atoms with Crippen molar-refractivity contribution < 1.29 is 27.1 Å². The molecule has 0 N–H and O–H groups in total. The molecule has 0 saturated heterocycles. The van der Waals surface area contributed by atoms with Crippen LogP contribution in [0.1, 0.15) is 28.8 Å². The third kappa shape index (κ3) is 4.10. The van der Waals surface area contributed by atoms with Gasteiger partial charge in [-0.1, -0.05) is 18.2 Å². The van der Waals surface area contributed by atoms with Gasteiger partial charge in [0.05, 0.1) is 5.56 Å². The van der Waals surface area contributed by atoms with E-state index in [2.05, 4.69) is 4.74 Å². The molecule has 0 spiro atoms. The molecular weight excluding hydrogens is 338 g/mol. The van der Waals surface area contributed by atoms with Gasteiger partial charge < -0.3 is 9.64 Å². The molecule has 0 atom stereocenters. The number of carbonyl (C=O) groups excluding carboxylic acids is 1. The molecule has 0 unspecified atom stereocenters. The highest BCUT2D eigenvalue weighted by Gasteiger charge is 2.34. The Labute approximate surface area is 141 Å². The van der Waals surface area contributed by atoms with Gasteiger partial charge in [0.25, 0.3) is 5.91 Å². The molecule has 1 fully saturated rings. The minimum absolute atomic E-state index is 0.0165. The number of nitrogens with zero attached hydrogens (tertiary/aromatic N) is 1. The van der Waals surface area contributed by atoms with Crippen molar-refractivity contribution in [2.24, 2.45) is 0 Å². The summed E-state index contributed by atoms with van der Waals surface area (Å²) >= 11 is 0. The highest BCUT2D eigenvalue weighted by atomic mass is 19.3. The number of halogens is 4. The molecule has 0 radical (unpaired) electrons. The molecule has 2 aromatic rings. The fourth-order valence-corrected chi connectivity index (χ4v) is 2.58. The van der Waals surface area contributed by atoms with Gasteiger partial charge in [-0.05, 0) is 31.0 Å². The van der Waals surface area contributed by atoms with Gasteiger partial charge in [0.15, 0.2) is 0 Å². The predicted octanol–water partition coefficient (Wildman–Crippen LogP) is 4.37. The molecule has 0 heterocycles. The summed E-state index contributed by atoms with van der Waals surface area (Å²) in [5.74, 6) is -2.22. The van der Waals surface area contributed by atoms with Crippen LogP contribution in [0.15, 0.2) is 42.5 Å². The van der Waals surface area contributed by atoms with Crippen molar-refractivity contribution in [3.8, 4) is 5.75 Å². The van der Waals surface area contributed by atoms with Crippen LogP contribution >= 0.6 is 0 Å². The smallest absolute Gasteiger partial charge is 0.387 e. The summed E-state index contributed by atoms with van der Waals surface area (Å²) < 4.78 is 56.4. The maximum atomic E-state index is 13.9. The summed E-state index contributed by atoms with van der Waals surface area (Å²) in [6.45, 7) is -3.13. The predicted molar refractivity (Wildman–Crippen MR) is 82.3 cm³/mol. The van der Waals surface area contributed by atoms with E-state index in [-0.39, 0.29) is 29.5 Å². The number of rotatable bonds is 6. The van der Waals surface area contributed by atoms with Gasteiger partial charge >= 0.3 is 6.61 Å². The summed E-state index contributed by atoms with van der Waals surface area (Å²) in [4.78, 5) is 14.2. The number of para-hydroxylation sites is 1. The van der Waals surface area contributed by atoms with Gasteiger partial charge in [-0.2, -0.15) is 8.78 Å². The molecular formula is C18H15F4NO2. The van der Waals surface area contributed by atoms with E-state index in [0.717, 1.165) is 25.0 Å². The molecule has 1 aliphatic carbocycles. The number of ether oxygens (including phenoxy) is 1. The fourth-order valence-electron chi connectivity index (χ4n) is 2.58. The van der Waals surface area contributed by atoms with Crippen molar-refractivity contribution >= 4 is 5.91 Å². The van der Waals surface area contributed by atoms with Crippen LogP contribution in [0.4, 0.5) is 17.6 Å². The van der Waals surface area contributed by atoms with E-state index >= 15 is 0 Å². The lowest BCUT2D eigenvalue weighted by Gasteiger charge is -2.24.